The lowest BCUT2D eigenvalue weighted by molar-refractivity contribution is -0.671. The first-order valence-electron chi connectivity index (χ1n) is 19.7. The summed E-state index contributed by atoms with van der Waals surface area (Å²) in [6, 6.07) is 20.8. The summed E-state index contributed by atoms with van der Waals surface area (Å²) < 4.78 is 8.14. The van der Waals surface area contributed by atoms with Crippen LogP contribution in [0.3, 0.4) is 0 Å². The van der Waals surface area contributed by atoms with Crippen molar-refractivity contribution >= 4 is 16.6 Å². The Labute approximate surface area is 337 Å². The largest absolute Gasteiger partial charge is 1.00 e. The first kappa shape index (κ1) is 48.8. The number of terminal acetylenes is 4. The van der Waals surface area contributed by atoms with Crippen LogP contribution in [0.2, 0.25) is 0 Å². The van der Waals surface area contributed by atoms with Crippen molar-refractivity contribution in [2.24, 2.45) is 0 Å². The molecule has 1 heterocycles. The molecule has 4 N–H and O–H groups in total. The van der Waals surface area contributed by atoms with Crippen LogP contribution in [0.1, 0.15) is 103 Å². The number of hydrogen-bond acceptors (Lipinski definition) is 6. The zero-order valence-corrected chi connectivity index (χ0v) is 33.3. The van der Waals surface area contributed by atoms with Gasteiger partial charge in [0.25, 0.3) is 0 Å². The molecule has 4 atom stereocenters. The lowest BCUT2D eigenvalue weighted by Gasteiger charge is -2.25. The number of nitrogens with zero attached hydrogens (tertiary/aromatic N) is 2. The fraction of sp³-hybridized carbons (Fsp3) is 0.511. The van der Waals surface area contributed by atoms with E-state index in [1.54, 1.807) is 0 Å². The third-order valence-corrected chi connectivity index (χ3v) is 9.32. The summed E-state index contributed by atoms with van der Waals surface area (Å²) in [5.41, 5.74) is 2.43. The number of aliphatic hydroxyl groups is 4. The molecule has 7 nitrogen and oxygen atoms in total. The summed E-state index contributed by atoms with van der Waals surface area (Å²) in [7, 11) is 0. The van der Waals surface area contributed by atoms with Crippen molar-refractivity contribution in [3.8, 4) is 55.1 Å². The highest BCUT2D eigenvalue weighted by Gasteiger charge is 2.10. The number of halogens is 1. The van der Waals surface area contributed by atoms with Gasteiger partial charge in [-0.05, 0) is 114 Å². The Bertz CT molecular complexity index is 1580. The van der Waals surface area contributed by atoms with Gasteiger partial charge in [-0.25, -0.2) is 0 Å². The Morgan fingerprint density at radius 2 is 1.05 bits per heavy atom. The molecule has 0 aliphatic rings. The van der Waals surface area contributed by atoms with E-state index in [2.05, 4.69) is 87.9 Å². The number of pyridine rings is 1. The average Bonchev–Trinajstić information content (AvgIpc) is 3.20. The second kappa shape index (κ2) is 31.1. The van der Waals surface area contributed by atoms with Crippen LogP contribution in [0, 0.1) is 49.4 Å². The Balaban J connectivity index is 0.000000546. The highest BCUT2D eigenvalue weighted by atomic mass is 35.5. The first-order chi connectivity index (χ1) is 26.3. The number of aryl methyl sites for hydroxylation is 1. The van der Waals surface area contributed by atoms with Crippen molar-refractivity contribution in [2.45, 2.75) is 134 Å². The summed E-state index contributed by atoms with van der Waals surface area (Å²) >= 11 is 0. The van der Waals surface area contributed by atoms with Gasteiger partial charge in [0, 0.05) is 37.3 Å². The fourth-order valence-corrected chi connectivity index (χ4v) is 6.12. The Hall–Kier alpha value is -4.18. The maximum Gasteiger partial charge on any atom is 0.212 e. The summed E-state index contributed by atoms with van der Waals surface area (Å²) in [6.07, 6.45) is 35.1. The molecule has 0 aliphatic heterocycles. The van der Waals surface area contributed by atoms with E-state index in [9.17, 15) is 20.4 Å². The zero-order chi connectivity index (χ0) is 39.2. The van der Waals surface area contributed by atoms with Crippen molar-refractivity contribution < 1.29 is 42.1 Å². The predicted molar refractivity (Wildman–Crippen MR) is 222 cm³/mol. The van der Waals surface area contributed by atoms with Crippen molar-refractivity contribution in [2.75, 3.05) is 24.6 Å². The number of hydrogen-bond donors (Lipinski definition) is 4. The van der Waals surface area contributed by atoms with Crippen LogP contribution in [0.5, 0.6) is 5.75 Å². The van der Waals surface area contributed by atoms with Crippen LogP contribution in [0.25, 0.3) is 10.9 Å². The van der Waals surface area contributed by atoms with Crippen molar-refractivity contribution in [1.82, 2.24) is 0 Å². The van der Waals surface area contributed by atoms with Crippen LogP contribution >= 0.6 is 0 Å². The third-order valence-electron chi connectivity index (χ3n) is 9.32. The van der Waals surface area contributed by atoms with Crippen LogP contribution in [-0.4, -0.2) is 64.5 Å². The molecule has 3 aromatic rings. The highest BCUT2D eigenvalue weighted by molar-refractivity contribution is 5.77. The Morgan fingerprint density at radius 3 is 1.56 bits per heavy atom. The number of aromatic nitrogens is 1. The molecule has 0 saturated carbocycles. The predicted octanol–water partition coefficient (Wildman–Crippen LogP) is 4.22. The minimum absolute atomic E-state index is 0. The fourth-order valence-electron chi connectivity index (χ4n) is 6.12. The van der Waals surface area contributed by atoms with Gasteiger partial charge < -0.3 is 42.5 Å². The maximum absolute atomic E-state index is 9.41. The molecule has 8 heteroatoms. The second-order valence-corrected chi connectivity index (χ2v) is 13.7. The second-order valence-electron chi connectivity index (χ2n) is 13.7. The molecule has 1 aromatic heterocycles. The molecule has 3 rings (SSSR count). The van der Waals surface area contributed by atoms with Gasteiger partial charge in [0.1, 0.15) is 36.7 Å². The number of fused-ring (bicyclic) bond motifs is 1. The summed E-state index contributed by atoms with van der Waals surface area (Å²) in [6.45, 7) is 3.60. The maximum atomic E-state index is 9.41. The molecule has 4 unspecified atom stereocenters. The number of benzene rings is 2. The van der Waals surface area contributed by atoms with E-state index < -0.39 is 24.4 Å². The summed E-state index contributed by atoms with van der Waals surface area (Å²) in [5.74, 6) is 10.3. The average molecular weight is 771 g/mol. The molecule has 298 valence electrons. The monoisotopic (exact) mass is 770 g/mol. The summed E-state index contributed by atoms with van der Waals surface area (Å²) in [4.78, 5) is 2.41. The zero-order valence-electron chi connectivity index (χ0n) is 32.6. The van der Waals surface area contributed by atoms with Gasteiger partial charge in [0.15, 0.2) is 6.20 Å². The van der Waals surface area contributed by atoms with Crippen LogP contribution < -0.4 is 26.6 Å². The molecule has 0 radical (unpaired) electrons. The lowest BCUT2D eigenvalue weighted by atomic mass is 10.1. The third kappa shape index (κ3) is 22.1. The Kier molecular flexibility index (Phi) is 27.6. The van der Waals surface area contributed by atoms with Crippen LogP contribution in [-0.2, 0) is 6.54 Å². The van der Waals surface area contributed by atoms with E-state index in [4.69, 9.17) is 30.4 Å². The number of unbranched alkanes of at least 4 members (excludes halogenated alkanes) is 8. The van der Waals surface area contributed by atoms with Gasteiger partial charge >= 0.3 is 0 Å². The molecule has 0 saturated heterocycles. The molecule has 0 amide bonds. The quantitative estimate of drug-likeness (QED) is 0.0555. The SMILES string of the molecule is C#CC(O)CCCCCN(CCCCCC(O)C#C)c1ccccc1.C#CC(O)CCCCCOc1ccc2c(ccc[n+]2CCCCCC(O)C#C)c1.[Cl-]. The van der Waals surface area contributed by atoms with E-state index in [1.807, 2.05) is 12.1 Å². The van der Waals surface area contributed by atoms with Gasteiger partial charge in [0.05, 0.1) is 12.0 Å². The number of para-hydroxylation sites is 1. The van der Waals surface area contributed by atoms with Gasteiger partial charge in [0.2, 0.25) is 5.52 Å². The van der Waals surface area contributed by atoms with Gasteiger partial charge in [-0.3, -0.25) is 0 Å². The van der Waals surface area contributed by atoms with Gasteiger partial charge in [-0.15, -0.1) is 25.7 Å². The number of aliphatic hydroxyl groups excluding tert-OH is 4. The van der Waals surface area contributed by atoms with E-state index >= 15 is 0 Å². The molecule has 0 fully saturated rings. The normalized spacial score (nSPS) is 12.6. The minimum atomic E-state index is -0.627. The van der Waals surface area contributed by atoms with Gasteiger partial charge in [-0.1, -0.05) is 54.7 Å². The molecule has 0 aliphatic carbocycles. The minimum Gasteiger partial charge on any atom is -1.00 e. The standard InChI is InChI=1S/C25H32NO3.C22H31NO2.ClH/c1-3-22(27)13-7-5-9-17-26-18-11-12-21-20-24(15-16-25(21)26)29-19-10-6-8-14-23(28)4-2;1-3-21(24)16-10-6-12-18-23(20-14-8-5-9-15-20)19-13-7-11-17-22(25)4-2;/h1-2,11-12,15-16,18,20,22-23,27-28H,5-10,13-14,17,19H2;1-2,5,8-9,14-15,21-22,24-25H,6-7,10-13,16-19H2;1H/q+1;;/p-1. The number of ether oxygens (including phenoxy) is 1. The lowest BCUT2D eigenvalue weighted by Crippen LogP contribution is -3.00. The van der Waals surface area contributed by atoms with E-state index in [1.165, 1.54) is 11.2 Å². The summed E-state index contributed by atoms with van der Waals surface area (Å²) in [5, 5.41) is 38.7. The van der Waals surface area contributed by atoms with Crippen LogP contribution in [0.15, 0.2) is 66.9 Å². The molecular formula is C47H63ClN2O5. The number of anilines is 1. The molecule has 2 aromatic carbocycles. The topological polar surface area (TPSA) is 97.3 Å². The van der Waals surface area contributed by atoms with Crippen molar-refractivity contribution in [1.29, 1.82) is 0 Å². The van der Waals surface area contributed by atoms with Crippen molar-refractivity contribution in [3.05, 3.63) is 66.9 Å². The highest BCUT2D eigenvalue weighted by Crippen LogP contribution is 2.20. The van der Waals surface area contributed by atoms with E-state index in [0.29, 0.717) is 32.3 Å². The smallest absolute Gasteiger partial charge is 0.212 e. The number of rotatable bonds is 26. The van der Waals surface area contributed by atoms with Crippen LogP contribution in [0.4, 0.5) is 5.69 Å². The van der Waals surface area contributed by atoms with E-state index in [0.717, 1.165) is 108 Å². The van der Waals surface area contributed by atoms with Gasteiger partial charge in [-0.2, -0.15) is 4.57 Å². The molecular weight excluding hydrogens is 708 g/mol. The molecule has 0 spiro atoms. The first-order valence-corrected chi connectivity index (χ1v) is 19.7. The van der Waals surface area contributed by atoms with Crippen molar-refractivity contribution in [3.63, 3.8) is 0 Å². The van der Waals surface area contributed by atoms with E-state index in [-0.39, 0.29) is 12.4 Å². The molecule has 55 heavy (non-hydrogen) atoms. The Morgan fingerprint density at radius 1 is 0.564 bits per heavy atom. The molecule has 0 bridgehead atoms.